The van der Waals surface area contributed by atoms with Crippen molar-refractivity contribution >= 4 is 11.8 Å². The molecule has 2 aliphatic rings. The summed E-state index contributed by atoms with van der Waals surface area (Å²) in [5.41, 5.74) is 1.39. The molecule has 0 aromatic heterocycles. The summed E-state index contributed by atoms with van der Waals surface area (Å²) < 4.78 is 26.3. The summed E-state index contributed by atoms with van der Waals surface area (Å²) in [5.74, 6) is -0.516. The first-order valence-electron chi connectivity index (χ1n) is 10.7. The quantitative estimate of drug-likeness (QED) is 0.682. The van der Waals surface area contributed by atoms with Crippen molar-refractivity contribution in [2.24, 2.45) is 11.8 Å². The van der Waals surface area contributed by atoms with Crippen LogP contribution in [0.3, 0.4) is 0 Å². The van der Waals surface area contributed by atoms with Gasteiger partial charge >= 0.3 is 0 Å². The second kappa shape index (κ2) is 9.41. The Labute approximate surface area is 181 Å². The molecule has 2 heterocycles. The van der Waals surface area contributed by atoms with Crippen LogP contribution < -0.4 is 0 Å². The maximum atomic E-state index is 13.3. The Morgan fingerprint density at radius 2 is 1.52 bits per heavy atom. The average Bonchev–Trinajstić information content (AvgIpc) is 2.97. The van der Waals surface area contributed by atoms with Crippen molar-refractivity contribution in [1.82, 2.24) is 9.80 Å². The molecule has 1 atom stereocenters. The fourth-order valence-electron chi connectivity index (χ4n) is 4.50. The summed E-state index contributed by atoms with van der Waals surface area (Å²) in [6, 6.07) is 11.9. The van der Waals surface area contributed by atoms with Crippen LogP contribution in [0.1, 0.15) is 35.2 Å². The summed E-state index contributed by atoms with van der Waals surface area (Å²) in [6.07, 6.45) is 6.33. The van der Waals surface area contributed by atoms with Gasteiger partial charge < -0.3 is 9.80 Å². The molecule has 2 amide bonds. The Morgan fingerprint density at radius 3 is 2.16 bits per heavy atom. The van der Waals surface area contributed by atoms with Crippen molar-refractivity contribution in [3.05, 3.63) is 83.4 Å². The minimum Gasteiger partial charge on any atom is -0.339 e. The minimum atomic E-state index is -0.361. The molecule has 4 rings (SSSR count). The van der Waals surface area contributed by atoms with Gasteiger partial charge in [0.15, 0.2) is 0 Å². The molecule has 31 heavy (non-hydrogen) atoms. The summed E-state index contributed by atoms with van der Waals surface area (Å²) in [5, 5.41) is 0. The van der Waals surface area contributed by atoms with E-state index in [1.165, 1.54) is 36.4 Å². The summed E-state index contributed by atoms with van der Waals surface area (Å²) in [6.45, 7) is 2.19. The fraction of sp³-hybridized carbons (Fsp3) is 0.360. The largest absolute Gasteiger partial charge is 0.339 e. The monoisotopic (exact) mass is 424 g/mol. The number of nitrogens with zero attached hydrogens (tertiary/aromatic N) is 2. The molecule has 0 radical (unpaired) electrons. The first kappa shape index (κ1) is 21.2. The van der Waals surface area contributed by atoms with Gasteiger partial charge in [-0.25, -0.2) is 8.78 Å². The van der Waals surface area contributed by atoms with Crippen LogP contribution in [0.4, 0.5) is 8.78 Å². The van der Waals surface area contributed by atoms with E-state index in [-0.39, 0.29) is 35.3 Å². The van der Waals surface area contributed by atoms with Crippen LogP contribution in [-0.2, 0) is 11.3 Å². The minimum absolute atomic E-state index is 0.0940. The third-order valence-electron chi connectivity index (χ3n) is 6.29. The molecule has 2 aliphatic heterocycles. The van der Waals surface area contributed by atoms with Crippen molar-refractivity contribution < 1.29 is 18.4 Å². The summed E-state index contributed by atoms with van der Waals surface area (Å²) >= 11 is 0. The smallest absolute Gasteiger partial charge is 0.253 e. The van der Waals surface area contributed by atoms with E-state index in [0.29, 0.717) is 38.2 Å². The molecule has 4 nitrogen and oxygen atoms in total. The van der Waals surface area contributed by atoms with Crippen molar-refractivity contribution in [1.29, 1.82) is 0 Å². The standard InChI is InChI=1S/C25H26F2N2O2/c26-21-8-4-18(5-9-21)17-29-14-2-1-3-23(25(29)31)19-12-15-28(16-13-19)24(30)20-6-10-22(27)11-7-20/h1-2,4-11,19,23H,3,12-17H2/t23-/m0/s1. The third-order valence-corrected chi connectivity index (χ3v) is 6.29. The Hall–Kier alpha value is -3.02. The van der Waals surface area contributed by atoms with Crippen LogP contribution in [-0.4, -0.2) is 41.2 Å². The van der Waals surface area contributed by atoms with E-state index in [2.05, 4.69) is 6.08 Å². The Balaban J connectivity index is 1.38. The first-order chi connectivity index (χ1) is 15.0. The molecule has 0 unspecified atom stereocenters. The maximum absolute atomic E-state index is 13.3. The van der Waals surface area contributed by atoms with Gasteiger partial charge in [0.2, 0.25) is 5.91 Å². The van der Waals surface area contributed by atoms with Crippen molar-refractivity contribution in [3.63, 3.8) is 0 Å². The van der Waals surface area contributed by atoms with Crippen molar-refractivity contribution in [2.45, 2.75) is 25.8 Å². The molecule has 2 aromatic carbocycles. The van der Waals surface area contributed by atoms with Gasteiger partial charge in [0.25, 0.3) is 5.91 Å². The summed E-state index contributed by atoms with van der Waals surface area (Å²) in [7, 11) is 0. The van der Waals surface area contributed by atoms with E-state index in [9.17, 15) is 18.4 Å². The van der Waals surface area contributed by atoms with Crippen LogP contribution in [0.25, 0.3) is 0 Å². The Bertz CT molecular complexity index is 948. The number of amides is 2. The van der Waals surface area contributed by atoms with Crippen LogP contribution in [0.5, 0.6) is 0 Å². The van der Waals surface area contributed by atoms with Crippen LogP contribution >= 0.6 is 0 Å². The van der Waals surface area contributed by atoms with E-state index < -0.39 is 0 Å². The number of benzene rings is 2. The first-order valence-corrected chi connectivity index (χ1v) is 10.7. The second-order valence-electron chi connectivity index (χ2n) is 8.30. The molecule has 0 aliphatic carbocycles. The number of carbonyl (C=O) groups excluding carboxylic acids is 2. The molecular weight excluding hydrogens is 398 g/mol. The lowest BCUT2D eigenvalue weighted by atomic mass is 9.81. The van der Waals surface area contributed by atoms with Gasteiger partial charge in [-0.2, -0.15) is 0 Å². The molecule has 2 aromatic rings. The summed E-state index contributed by atoms with van der Waals surface area (Å²) in [4.78, 5) is 29.6. The lowest BCUT2D eigenvalue weighted by molar-refractivity contribution is -0.137. The Kier molecular flexibility index (Phi) is 6.44. The highest BCUT2D eigenvalue weighted by Crippen LogP contribution is 2.31. The SMILES string of the molecule is O=C(c1ccc(F)cc1)N1CCC([C@@H]2CC=CCN(Cc3ccc(F)cc3)C2=O)CC1. The van der Waals surface area contributed by atoms with Gasteiger partial charge in [0.1, 0.15) is 11.6 Å². The molecule has 1 fully saturated rings. The number of rotatable bonds is 4. The molecule has 0 N–H and O–H groups in total. The molecule has 0 saturated carbocycles. The number of allylic oxidation sites excluding steroid dienone is 1. The zero-order valence-corrected chi connectivity index (χ0v) is 17.3. The van der Waals surface area contributed by atoms with Crippen LogP contribution in [0, 0.1) is 23.5 Å². The number of hydrogen-bond acceptors (Lipinski definition) is 2. The molecule has 0 spiro atoms. The normalized spacial score (nSPS) is 20.1. The predicted molar refractivity (Wildman–Crippen MR) is 114 cm³/mol. The number of hydrogen-bond donors (Lipinski definition) is 0. The highest BCUT2D eigenvalue weighted by atomic mass is 19.1. The van der Waals surface area contributed by atoms with E-state index in [1.807, 2.05) is 11.0 Å². The molecule has 0 bridgehead atoms. The topological polar surface area (TPSA) is 40.6 Å². The zero-order valence-electron chi connectivity index (χ0n) is 17.3. The van der Waals surface area contributed by atoms with Crippen LogP contribution in [0.2, 0.25) is 0 Å². The predicted octanol–water partition coefficient (Wildman–Crippen LogP) is 4.42. The van der Waals surface area contributed by atoms with E-state index in [4.69, 9.17) is 0 Å². The van der Waals surface area contributed by atoms with Gasteiger partial charge in [-0.1, -0.05) is 24.3 Å². The van der Waals surface area contributed by atoms with Gasteiger partial charge in [0, 0.05) is 37.7 Å². The second-order valence-corrected chi connectivity index (χ2v) is 8.30. The highest BCUT2D eigenvalue weighted by molar-refractivity contribution is 5.94. The van der Waals surface area contributed by atoms with E-state index in [1.54, 1.807) is 17.0 Å². The lowest BCUT2D eigenvalue weighted by Crippen LogP contribution is -2.44. The molecule has 162 valence electrons. The number of carbonyl (C=O) groups is 2. The van der Waals surface area contributed by atoms with E-state index >= 15 is 0 Å². The zero-order chi connectivity index (χ0) is 21.8. The van der Waals surface area contributed by atoms with Gasteiger partial charge in [0.05, 0.1) is 0 Å². The number of halogens is 2. The van der Waals surface area contributed by atoms with Crippen molar-refractivity contribution in [3.8, 4) is 0 Å². The number of piperidine rings is 1. The lowest BCUT2D eigenvalue weighted by Gasteiger charge is -2.36. The molecular formula is C25H26F2N2O2. The van der Waals surface area contributed by atoms with Crippen molar-refractivity contribution in [2.75, 3.05) is 19.6 Å². The fourth-order valence-corrected chi connectivity index (χ4v) is 4.50. The maximum Gasteiger partial charge on any atom is 0.253 e. The van der Waals surface area contributed by atoms with Gasteiger partial charge in [-0.3, -0.25) is 9.59 Å². The van der Waals surface area contributed by atoms with Gasteiger partial charge in [-0.05, 0) is 67.1 Å². The highest BCUT2D eigenvalue weighted by Gasteiger charge is 2.35. The molecule has 6 heteroatoms. The molecule has 1 saturated heterocycles. The average molecular weight is 424 g/mol. The van der Waals surface area contributed by atoms with Crippen LogP contribution in [0.15, 0.2) is 60.7 Å². The third kappa shape index (κ3) is 5.01. The Morgan fingerprint density at radius 1 is 0.903 bits per heavy atom. The van der Waals surface area contributed by atoms with E-state index in [0.717, 1.165) is 18.4 Å². The number of likely N-dealkylation sites (tertiary alicyclic amines) is 1. The van der Waals surface area contributed by atoms with Gasteiger partial charge in [-0.15, -0.1) is 0 Å².